The van der Waals surface area contributed by atoms with Crippen LogP contribution in [0.15, 0.2) is 18.2 Å². The topological polar surface area (TPSA) is 15.3 Å². The van der Waals surface area contributed by atoms with Crippen LogP contribution >= 0.6 is 0 Å². The zero-order chi connectivity index (χ0) is 14.6. The van der Waals surface area contributed by atoms with E-state index >= 15 is 0 Å². The number of rotatable bonds is 6. The number of nitrogens with zero attached hydrogens (tertiary/aromatic N) is 1. The van der Waals surface area contributed by atoms with E-state index in [0.29, 0.717) is 0 Å². The minimum atomic E-state index is -0.167. The number of halogens is 1. The summed E-state index contributed by atoms with van der Waals surface area (Å²) in [5.74, 6) is -0.167. The molecule has 0 heterocycles. The molecule has 0 aromatic heterocycles. The van der Waals surface area contributed by atoms with E-state index in [-0.39, 0.29) is 17.4 Å². The minimum absolute atomic E-state index is 0.00139. The van der Waals surface area contributed by atoms with Gasteiger partial charge >= 0.3 is 0 Å². The highest BCUT2D eigenvalue weighted by atomic mass is 19.1. The van der Waals surface area contributed by atoms with Gasteiger partial charge in [0.15, 0.2) is 0 Å². The van der Waals surface area contributed by atoms with Crippen molar-refractivity contribution in [3.05, 3.63) is 35.1 Å². The smallest absolute Gasteiger partial charge is 0.123 e. The van der Waals surface area contributed by atoms with Crippen molar-refractivity contribution in [2.45, 2.75) is 45.7 Å². The number of benzene rings is 1. The van der Waals surface area contributed by atoms with Gasteiger partial charge in [-0.25, -0.2) is 4.39 Å². The summed E-state index contributed by atoms with van der Waals surface area (Å²) >= 11 is 0. The van der Waals surface area contributed by atoms with Gasteiger partial charge in [0.05, 0.1) is 6.04 Å². The zero-order valence-electron chi connectivity index (χ0n) is 13.0. The van der Waals surface area contributed by atoms with Crippen LogP contribution in [0.5, 0.6) is 0 Å². The van der Waals surface area contributed by atoms with Gasteiger partial charge in [0, 0.05) is 5.54 Å². The van der Waals surface area contributed by atoms with Gasteiger partial charge in [-0.15, -0.1) is 0 Å². The molecule has 0 aliphatic rings. The molecule has 3 heteroatoms. The molecular formula is C16H27FN2. The maximum Gasteiger partial charge on any atom is 0.123 e. The number of nitrogens with one attached hydrogen (secondary N) is 1. The summed E-state index contributed by atoms with van der Waals surface area (Å²) in [6, 6.07) is 5.28. The third-order valence-electron chi connectivity index (χ3n) is 4.31. The molecule has 1 aromatic rings. The summed E-state index contributed by atoms with van der Waals surface area (Å²) in [7, 11) is 4.21. The molecule has 0 amide bonds. The Bertz CT molecular complexity index is 417. The van der Waals surface area contributed by atoms with Crippen LogP contribution in [0.2, 0.25) is 0 Å². The first kappa shape index (κ1) is 16.1. The van der Waals surface area contributed by atoms with E-state index in [1.165, 1.54) is 5.56 Å². The van der Waals surface area contributed by atoms with Crippen molar-refractivity contribution in [3.8, 4) is 0 Å². The first-order valence-corrected chi connectivity index (χ1v) is 7.03. The van der Waals surface area contributed by atoms with Crippen LogP contribution in [-0.2, 0) is 0 Å². The average molecular weight is 266 g/mol. The van der Waals surface area contributed by atoms with Crippen molar-refractivity contribution in [2.24, 2.45) is 0 Å². The standard InChI is InChI=1S/C16H27FN2/c1-7-16(4,19(5)6)15(18-8-2)14-10-9-13(17)11-12(14)3/h9-11,15,18H,7-8H2,1-6H3. The molecule has 1 aromatic carbocycles. The molecule has 1 N–H and O–H groups in total. The van der Waals surface area contributed by atoms with Crippen LogP contribution < -0.4 is 5.32 Å². The number of hydrogen-bond donors (Lipinski definition) is 1. The molecule has 0 radical (unpaired) electrons. The van der Waals surface area contributed by atoms with Crippen molar-refractivity contribution in [1.29, 1.82) is 0 Å². The van der Waals surface area contributed by atoms with Gasteiger partial charge in [0.2, 0.25) is 0 Å². The normalized spacial score (nSPS) is 16.4. The van der Waals surface area contributed by atoms with Crippen molar-refractivity contribution < 1.29 is 4.39 Å². The summed E-state index contributed by atoms with van der Waals surface area (Å²) < 4.78 is 13.3. The molecule has 0 fully saturated rings. The second kappa shape index (κ2) is 6.49. The molecule has 0 saturated carbocycles. The van der Waals surface area contributed by atoms with Crippen molar-refractivity contribution >= 4 is 0 Å². The van der Waals surface area contributed by atoms with Crippen LogP contribution in [0.4, 0.5) is 4.39 Å². The number of likely N-dealkylation sites (N-methyl/N-ethyl adjacent to an activating group) is 2. The number of aryl methyl sites for hydroxylation is 1. The Morgan fingerprint density at radius 2 is 1.95 bits per heavy atom. The quantitative estimate of drug-likeness (QED) is 0.847. The van der Waals surface area contributed by atoms with E-state index in [4.69, 9.17) is 0 Å². The summed E-state index contributed by atoms with van der Waals surface area (Å²) in [5, 5.41) is 3.57. The van der Waals surface area contributed by atoms with Gasteiger partial charge in [-0.1, -0.05) is 19.9 Å². The Kier molecular flexibility index (Phi) is 5.50. The first-order chi connectivity index (χ1) is 8.86. The van der Waals surface area contributed by atoms with Crippen LogP contribution in [0.3, 0.4) is 0 Å². The molecule has 2 nitrogen and oxygen atoms in total. The van der Waals surface area contributed by atoms with Crippen molar-refractivity contribution in [2.75, 3.05) is 20.6 Å². The molecular weight excluding hydrogens is 239 g/mol. The zero-order valence-corrected chi connectivity index (χ0v) is 13.0. The Morgan fingerprint density at radius 3 is 2.37 bits per heavy atom. The lowest BCUT2D eigenvalue weighted by Gasteiger charge is -2.44. The van der Waals surface area contributed by atoms with Gasteiger partial charge < -0.3 is 10.2 Å². The number of hydrogen-bond acceptors (Lipinski definition) is 2. The van der Waals surface area contributed by atoms with Crippen molar-refractivity contribution in [1.82, 2.24) is 10.2 Å². The van der Waals surface area contributed by atoms with E-state index < -0.39 is 0 Å². The molecule has 0 bridgehead atoms. The lowest BCUT2D eigenvalue weighted by Crippen LogP contribution is -2.51. The Morgan fingerprint density at radius 1 is 1.32 bits per heavy atom. The molecule has 2 atom stereocenters. The van der Waals surface area contributed by atoms with Gasteiger partial charge in [-0.05, 0) is 64.2 Å². The summed E-state index contributed by atoms with van der Waals surface area (Å²) in [6.45, 7) is 9.43. The molecule has 0 spiro atoms. The summed E-state index contributed by atoms with van der Waals surface area (Å²) in [5.41, 5.74) is 2.19. The predicted molar refractivity (Wildman–Crippen MR) is 79.9 cm³/mol. The highest BCUT2D eigenvalue weighted by molar-refractivity contribution is 5.32. The fourth-order valence-electron chi connectivity index (χ4n) is 2.61. The Hall–Kier alpha value is -0.930. The highest BCUT2D eigenvalue weighted by Crippen LogP contribution is 2.34. The average Bonchev–Trinajstić information content (AvgIpc) is 2.35. The molecule has 0 aliphatic heterocycles. The summed E-state index contributed by atoms with van der Waals surface area (Å²) in [4.78, 5) is 2.25. The molecule has 2 unspecified atom stereocenters. The second-order valence-electron chi connectivity index (χ2n) is 5.60. The third kappa shape index (κ3) is 3.34. The SMILES string of the molecule is CCNC(c1ccc(F)cc1C)C(C)(CC)N(C)C. The van der Waals surface area contributed by atoms with Gasteiger partial charge in [0.1, 0.15) is 5.82 Å². The summed E-state index contributed by atoms with van der Waals surface area (Å²) in [6.07, 6.45) is 1.02. The van der Waals surface area contributed by atoms with Crippen LogP contribution in [0.25, 0.3) is 0 Å². The molecule has 0 saturated heterocycles. The van der Waals surface area contributed by atoms with Crippen LogP contribution in [0.1, 0.15) is 44.4 Å². The molecule has 1 rings (SSSR count). The van der Waals surface area contributed by atoms with E-state index in [9.17, 15) is 4.39 Å². The molecule has 108 valence electrons. The third-order valence-corrected chi connectivity index (χ3v) is 4.31. The predicted octanol–water partition coefficient (Wildman–Crippen LogP) is 3.52. The van der Waals surface area contributed by atoms with E-state index in [1.807, 2.05) is 13.0 Å². The van der Waals surface area contributed by atoms with Gasteiger partial charge in [-0.2, -0.15) is 0 Å². The minimum Gasteiger partial charge on any atom is -0.309 e. The van der Waals surface area contributed by atoms with Gasteiger partial charge in [0.25, 0.3) is 0 Å². The lowest BCUT2D eigenvalue weighted by molar-refractivity contribution is 0.113. The Balaban J connectivity index is 3.26. The van der Waals surface area contributed by atoms with Crippen LogP contribution in [0, 0.1) is 12.7 Å². The fraction of sp³-hybridized carbons (Fsp3) is 0.625. The fourth-order valence-corrected chi connectivity index (χ4v) is 2.61. The highest BCUT2D eigenvalue weighted by Gasteiger charge is 2.35. The maximum atomic E-state index is 13.3. The monoisotopic (exact) mass is 266 g/mol. The van der Waals surface area contributed by atoms with E-state index in [2.05, 4.69) is 45.1 Å². The molecule has 19 heavy (non-hydrogen) atoms. The Labute approximate surface area is 117 Å². The first-order valence-electron chi connectivity index (χ1n) is 7.03. The van der Waals surface area contributed by atoms with Crippen LogP contribution in [-0.4, -0.2) is 31.1 Å². The maximum absolute atomic E-state index is 13.3. The van der Waals surface area contributed by atoms with E-state index in [1.54, 1.807) is 12.1 Å². The molecule has 0 aliphatic carbocycles. The van der Waals surface area contributed by atoms with Crippen molar-refractivity contribution in [3.63, 3.8) is 0 Å². The van der Waals surface area contributed by atoms with Gasteiger partial charge in [-0.3, -0.25) is 0 Å². The largest absolute Gasteiger partial charge is 0.309 e. The van der Waals surface area contributed by atoms with E-state index in [0.717, 1.165) is 18.5 Å². The second-order valence-corrected chi connectivity index (χ2v) is 5.60. The lowest BCUT2D eigenvalue weighted by atomic mass is 9.82.